The van der Waals surface area contributed by atoms with Crippen LogP contribution in [0.3, 0.4) is 0 Å². The van der Waals surface area contributed by atoms with E-state index in [2.05, 4.69) is 4.72 Å². The highest BCUT2D eigenvalue weighted by Gasteiger charge is 2.35. The molecule has 0 amide bonds. The molecule has 2 rings (SSSR count). The Morgan fingerprint density at radius 1 is 1.10 bits per heavy atom. The molecule has 1 aliphatic carbocycles. The molecule has 0 atom stereocenters. The summed E-state index contributed by atoms with van der Waals surface area (Å²) < 4.78 is 77.6. The van der Waals surface area contributed by atoms with Gasteiger partial charge in [0.2, 0.25) is 10.0 Å². The molecular weight excluding hydrogens is 310 g/mol. The van der Waals surface area contributed by atoms with Crippen LogP contribution in [0.1, 0.15) is 37.7 Å². The fourth-order valence-corrected chi connectivity index (χ4v) is 3.73. The molecule has 1 N–H and O–H groups in total. The summed E-state index contributed by atoms with van der Waals surface area (Å²) in [6.45, 7) is 0. The molecule has 118 valence electrons. The molecule has 1 aliphatic rings. The van der Waals surface area contributed by atoms with Gasteiger partial charge in [0.15, 0.2) is 0 Å². The van der Waals surface area contributed by atoms with Crippen LogP contribution in [0.5, 0.6) is 0 Å². The summed E-state index contributed by atoms with van der Waals surface area (Å²) in [5.74, 6) is -1.49. The largest absolute Gasteiger partial charge is 0.419 e. The number of hydrogen-bond acceptors (Lipinski definition) is 2. The summed E-state index contributed by atoms with van der Waals surface area (Å²) in [6.07, 6.45) is -0.832. The molecule has 1 aromatic carbocycles. The monoisotopic (exact) mass is 325 g/mol. The van der Waals surface area contributed by atoms with Crippen molar-refractivity contribution in [1.29, 1.82) is 0 Å². The Morgan fingerprint density at radius 2 is 1.71 bits per heavy atom. The summed E-state index contributed by atoms with van der Waals surface area (Å²) in [6, 6.07) is 1.43. The molecule has 0 spiro atoms. The first-order valence-corrected chi connectivity index (χ1v) is 8.07. The number of benzene rings is 1. The molecule has 8 heteroatoms. The summed E-state index contributed by atoms with van der Waals surface area (Å²) in [5.41, 5.74) is -1.57. The van der Waals surface area contributed by atoms with E-state index in [1.165, 1.54) is 0 Å². The maximum Gasteiger partial charge on any atom is 0.419 e. The van der Waals surface area contributed by atoms with Gasteiger partial charge in [-0.05, 0) is 31.0 Å². The Morgan fingerprint density at radius 3 is 2.29 bits per heavy atom. The lowest BCUT2D eigenvalue weighted by molar-refractivity contribution is -0.140. The van der Waals surface area contributed by atoms with Crippen molar-refractivity contribution in [3.05, 3.63) is 29.6 Å². The number of hydrogen-bond donors (Lipinski definition) is 1. The Balaban J connectivity index is 2.27. The van der Waals surface area contributed by atoms with E-state index in [0.29, 0.717) is 25.0 Å². The van der Waals surface area contributed by atoms with Crippen molar-refractivity contribution in [3.8, 4) is 0 Å². The van der Waals surface area contributed by atoms with E-state index in [-0.39, 0.29) is 6.04 Å². The van der Waals surface area contributed by atoms with Crippen molar-refractivity contribution in [2.24, 2.45) is 0 Å². The van der Waals surface area contributed by atoms with Crippen LogP contribution in [0.2, 0.25) is 0 Å². The molecule has 21 heavy (non-hydrogen) atoms. The quantitative estimate of drug-likeness (QED) is 0.865. The first-order valence-electron chi connectivity index (χ1n) is 6.59. The smallest absolute Gasteiger partial charge is 0.208 e. The van der Waals surface area contributed by atoms with Gasteiger partial charge in [-0.1, -0.05) is 19.3 Å². The van der Waals surface area contributed by atoms with E-state index in [1.54, 1.807) is 0 Å². The highest BCUT2D eigenvalue weighted by molar-refractivity contribution is 7.89. The van der Waals surface area contributed by atoms with Gasteiger partial charge in [0.05, 0.1) is 10.5 Å². The van der Waals surface area contributed by atoms with Crippen molar-refractivity contribution < 1.29 is 26.0 Å². The standard InChI is InChI=1S/C13H15F4NO2S/c14-12-7-6-10(8-11(12)13(15,16)17)21(19,20)18-9-4-2-1-3-5-9/h6-9,18H,1-5H2. The lowest BCUT2D eigenvalue weighted by Crippen LogP contribution is -2.36. The van der Waals surface area contributed by atoms with Crippen molar-refractivity contribution in [1.82, 2.24) is 4.72 Å². The van der Waals surface area contributed by atoms with Gasteiger partial charge in [-0.2, -0.15) is 13.2 Å². The zero-order valence-electron chi connectivity index (χ0n) is 11.1. The van der Waals surface area contributed by atoms with Crippen LogP contribution in [0.4, 0.5) is 17.6 Å². The van der Waals surface area contributed by atoms with E-state index in [0.717, 1.165) is 25.3 Å². The van der Waals surface area contributed by atoms with Gasteiger partial charge in [0.1, 0.15) is 5.82 Å². The molecule has 0 heterocycles. The Labute approximate surface area is 120 Å². The molecule has 0 aliphatic heterocycles. The first-order chi connectivity index (χ1) is 9.70. The number of rotatable bonds is 3. The lowest BCUT2D eigenvalue weighted by atomic mass is 9.96. The Bertz CT molecular complexity index is 607. The fraction of sp³-hybridized carbons (Fsp3) is 0.538. The van der Waals surface area contributed by atoms with Gasteiger partial charge in [0.25, 0.3) is 0 Å². The molecule has 0 aromatic heterocycles. The molecule has 0 unspecified atom stereocenters. The van der Waals surface area contributed by atoms with Crippen LogP contribution in [-0.2, 0) is 16.2 Å². The third-order valence-corrected chi connectivity index (χ3v) is 5.00. The SMILES string of the molecule is O=S(=O)(NC1CCCCC1)c1ccc(F)c(C(F)(F)F)c1. The summed E-state index contributed by atoms with van der Waals surface area (Å²) in [4.78, 5) is -0.568. The summed E-state index contributed by atoms with van der Waals surface area (Å²) in [7, 11) is -4.08. The third-order valence-electron chi connectivity index (χ3n) is 3.48. The Hall–Kier alpha value is -1.15. The number of nitrogens with one attached hydrogen (secondary N) is 1. The molecule has 0 bridgehead atoms. The molecular formula is C13H15F4NO2S. The fourth-order valence-electron chi connectivity index (χ4n) is 2.40. The van der Waals surface area contributed by atoms with E-state index in [4.69, 9.17) is 0 Å². The van der Waals surface area contributed by atoms with Gasteiger partial charge in [-0.25, -0.2) is 17.5 Å². The highest BCUT2D eigenvalue weighted by atomic mass is 32.2. The average Bonchev–Trinajstić information content (AvgIpc) is 2.38. The third kappa shape index (κ3) is 3.94. The number of halogens is 4. The number of sulfonamides is 1. The number of alkyl halides is 3. The zero-order valence-corrected chi connectivity index (χ0v) is 11.9. The van der Waals surface area contributed by atoms with Crippen LogP contribution in [0, 0.1) is 5.82 Å². The predicted molar refractivity (Wildman–Crippen MR) is 68.6 cm³/mol. The minimum absolute atomic E-state index is 0.275. The van der Waals surface area contributed by atoms with E-state index in [9.17, 15) is 26.0 Å². The van der Waals surface area contributed by atoms with Crippen molar-refractivity contribution in [2.75, 3.05) is 0 Å². The molecule has 0 saturated heterocycles. The predicted octanol–water partition coefficient (Wildman–Crippen LogP) is 3.46. The van der Waals surface area contributed by atoms with E-state index < -0.39 is 32.5 Å². The zero-order chi connectivity index (χ0) is 15.7. The molecule has 1 fully saturated rings. The lowest BCUT2D eigenvalue weighted by Gasteiger charge is -2.22. The molecule has 1 saturated carbocycles. The normalized spacial score (nSPS) is 17.9. The summed E-state index contributed by atoms with van der Waals surface area (Å²) >= 11 is 0. The second kappa shape index (κ2) is 5.92. The molecule has 3 nitrogen and oxygen atoms in total. The second-order valence-corrected chi connectivity index (χ2v) is 6.81. The van der Waals surface area contributed by atoms with Crippen LogP contribution in [0.15, 0.2) is 23.1 Å². The molecule has 1 aromatic rings. The highest BCUT2D eigenvalue weighted by Crippen LogP contribution is 2.33. The van der Waals surface area contributed by atoms with E-state index in [1.807, 2.05) is 0 Å². The summed E-state index contributed by atoms with van der Waals surface area (Å²) in [5, 5.41) is 0. The molecule has 0 radical (unpaired) electrons. The van der Waals surface area contributed by atoms with Gasteiger partial charge in [0, 0.05) is 6.04 Å². The van der Waals surface area contributed by atoms with Crippen LogP contribution in [-0.4, -0.2) is 14.5 Å². The maximum atomic E-state index is 13.2. The maximum absolute atomic E-state index is 13.2. The minimum Gasteiger partial charge on any atom is -0.208 e. The average molecular weight is 325 g/mol. The topological polar surface area (TPSA) is 46.2 Å². The van der Waals surface area contributed by atoms with Gasteiger partial charge < -0.3 is 0 Å². The van der Waals surface area contributed by atoms with Gasteiger partial charge >= 0.3 is 6.18 Å². The first kappa shape index (κ1) is 16.2. The van der Waals surface area contributed by atoms with Crippen LogP contribution in [0.25, 0.3) is 0 Å². The minimum atomic E-state index is -4.93. The van der Waals surface area contributed by atoms with Gasteiger partial charge in [-0.15, -0.1) is 0 Å². The van der Waals surface area contributed by atoms with Gasteiger partial charge in [-0.3, -0.25) is 0 Å². The van der Waals surface area contributed by atoms with Crippen LogP contribution >= 0.6 is 0 Å². The Kier molecular flexibility index (Phi) is 4.57. The van der Waals surface area contributed by atoms with E-state index >= 15 is 0 Å². The van der Waals surface area contributed by atoms with Crippen molar-refractivity contribution in [2.45, 2.75) is 49.2 Å². The van der Waals surface area contributed by atoms with Crippen LogP contribution < -0.4 is 4.72 Å². The van der Waals surface area contributed by atoms with Crippen molar-refractivity contribution >= 4 is 10.0 Å². The van der Waals surface area contributed by atoms with Crippen molar-refractivity contribution in [3.63, 3.8) is 0 Å². The second-order valence-electron chi connectivity index (χ2n) is 5.10.